The van der Waals surface area contributed by atoms with Gasteiger partial charge in [-0.2, -0.15) is 0 Å². The molecule has 25 heavy (non-hydrogen) atoms. The van der Waals surface area contributed by atoms with Crippen LogP contribution in [0.25, 0.3) is 0 Å². The Bertz CT molecular complexity index is 627. The van der Waals surface area contributed by atoms with Gasteiger partial charge in [-0.05, 0) is 0 Å². The molecule has 0 N–H and O–H groups in total. The van der Waals surface area contributed by atoms with E-state index in [0.29, 0.717) is 0 Å². The van der Waals surface area contributed by atoms with Gasteiger partial charge in [0.1, 0.15) is 0 Å². The van der Waals surface area contributed by atoms with Crippen LogP contribution in [0.3, 0.4) is 0 Å². The van der Waals surface area contributed by atoms with E-state index >= 15 is 0 Å². The number of para-hydroxylation sites is 4. The van der Waals surface area contributed by atoms with Crippen molar-refractivity contribution < 1.29 is 39.2 Å². The summed E-state index contributed by atoms with van der Waals surface area (Å²) in [5.41, 5.74) is -0.559. The van der Waals surface area contributed by atoms with E-state index in [9.17, 15) is 0 Å². The Morgan fingerprint density at radius 3 is 1.20 bits per heavy atom. The molecule has 5 heteroatoms. The second kappa shape index (κ2) is 8.27. The fourth-order valence-corrected chi connectivity index (χ4v) is 3.38. The monoisotopic (exact) mass is 420 g/mol. The predicted molar refractivity (Wildman–Crippen MR) is 94.9 cm³/mol. The standard InChI is InChI=1S/2C10H14O2.Zr/c2*1-10(2,3)12-9-7-5-4-6-8(9)11;/h2*4-7,11H,1-3H3;/q;;+2/p-2. The molecule has 0 atom stereocenters. The Labute approximate surface area is 163 Å². The molecule has 134 valence electrons. The molecule has 0 aliphatic carbocycles. The average Bonchev–Trinajstić information content (AvgIpc) is 2.48. The molecule has 0 bridgehead atoms. The van der Waals surface area contributed by atoms with Crippen molar-refractivity contribution in [3.8, 4) is 23.0 Å². The first-order chi connectivity index (χ1) is 11.6. The SMILES string of the molecule is CC(C)(C)Oc1ccccc1[O][Zr][O]c1ccccc1OC(C)(C)C. The average molecular weight is 422 g/mol. The summed E-state index contributed by atoms with van der Waals surface area (Å²) in [6.07, 6.45) is 0. The molecule has 0 aliphatic rings. The fourth-order valence-electron chi connectivity index (χ4n) is 2.01. The summed E-state index contributed by atoms with van der Waals surface area (Å²) in [7, 11) is 0. The van der Waals surface area contributed by atoms with Gasteiger partial charge in [0.25, 0.3) is 0 Å². The Balaban J connectivity index is 2.03. The maximum absolute atomic E-state index is 5.95. The number of benzene rings is 2. The van der Waals surface area contributed by atoms with Gasteiger partial charge in [0.2, 0.25) is 0 Å². The number of ether oxygens (including phenoxy) is 2. The fraction of sp³-hybridized carbons (Fsp3) is 0.400. The molecule has 0 fully saturated rings. The van der Waals surface area contributed by atoms with E-state index in [1.165, 1.54) is 0 Å². The van der Waals surface area contributed by atoms with Gasteiger partial charge in [-0.1, -0.05) is 0 Å². The van der Waals surface area contributed by atoms with Gasteiger partial charge in [0, 0.05) is 0 Å². The van der Waals surface area contributed by atoms with Crippen LogP contribution in [0.15, 0.2) is 48.5 Å². The van der Waals surface area contributed by atoms with Crippen molar-refractivity contribution in [3.05, 3.63) is 48.5 Å². The number of hydrogen-bond donors (Lipinski definition) is 0. The van der Waals surface area contributed by atoms with Crippen LogP contribution >= 0.6 is 0 Å². The second-order valence-corrected chi connectivity index (χ2v) is 9.02. The topological polar surface area (TPSA) is 36.9 Å². The quantitative estimate of drug-likeness (QED) is 0.625. The summed E-state index contributed by atoms with van der Waals surface area (Å²) in [5.74, 6) is 2.91. The molecule has 2 rings (SSSR count). The Morgan fingerprint density at radius 1 is 0.560 bits per heavy atom. The molecule has 0 radical (unpaired) electrons. The molecule has 0 aliphatic heterocycles. The third kappa shape index (κ3) is 7.11. The normalized spacial score (nSPS) is 11.6. The molecular weight excluding hydrogens is 395 g/mol. The van der Waals surface area contributed by atoms with E-state index in [-0.39, 0.29) is 11.2 Å². The van der Waals surface area contributed by atoms with Crippen molar-refractivity contribution >= 4 is 0 Å². The van der Waals surface area contributed by atoms with Gasteiger partial charge in [0.05, 0.1) is 0 Å². The van der Waals surface area contributed by atoms with E-state index in [0.717, 1.165) is 23.0 Å². The van der Waals surface area contributed by atoms with E-state index < -0.39 is 24.1 Å². The zero-order valence-corrected chi connectivity index (χ0v) is 18.2. The van der Waals surface area contributed by atoms with Gasteiger partial charge in [0.15, 0.2) is 0 Å². The summed E-state index contributed by atoms with van der Waals surface area (Å²) < 4.78 is 23.8. The van der Waals surface area contributed by atoms with Gasteiger partial charge < -0.3 is 0 Å². The maximum atomic E-state index is 5.95. The van der Waals surface area contributed by atoms with Crippen molar-refractivity contribution in [2.75, 3.05) is 0 Å². The van der Waals surface area contributed by atoms with Crippen LogP contribution in [-0.2, 0) is 24.1 Å². The summed E-state index contributed by atoms with van der Waals surface area (Å²) in [6.45, 7) is 12.1. The molecule has 0 saturated heterocycles. The molecule has 0 spiro atoms. The molecule has 4 nitrogen and oxygen atoms in total. The van der Waals surface area contributed by atoms with Gasteiger partial charge in [-0.25, -0.2) is 0 Å². The van der Waals surface area contributed by atoms with Gasteiger partial charge in [-0.15, -0.1) is 0 Å². The van der Waals surface area contributed by atoms with Crippen molar-refractivity contribution in [1.29, 1.82) is 0 Å². The Morgan fingerprint density at radius 2 is 0.880 bits per heavy atom. The van der Waals surface area contributed by atoms with Crippen LogP contribution in [-0.4, -0.2) is 11.2 Å². The first-order valence-corrected chi connectivity index (χ1v) is 10.3. The second-order valence-electron chi connectivity index (χ2n) is 7.61. The Kier molecular flexibility index (Phi) is 6.56. The summed E-state index contributed by atoms with van der Waals surface area (Å²) in [4.78, 5) is 0. The minimum absolute atomic E-state index is 0.279. The van der Waals surface area contributed by atoms with Crippen molar-refractivity contribution in [1.82, 2.24) is 0 Å². The first-order valence-electron chi connectivity index (χ1n) is 8.29. The molecule has 0 saturated carbocycles. The summed E-state index contributed by atoms with van der Waals surface area (Å²) in [5, 5.41) is 0. The molecule has 0 aromatic heterocycles. The van der Waals surface area contributed by atoms with Crippen LogP contribution in [0.5, 0.6) is 23.0 Å². The molecule has 2 aromatic carbocycles. The van der Waals surface area contributed by atoms with Crippen LogP contribution < -0.4 is 15.1 Å². The minimum atomic E-state index is -1.60. The zero-order valence-electron chi connectivity index (χ0n) is 15.8. The van der Waals surface area contributed by atoms with E-state index in [1.807, 2.05) is 90.1 Å². The third-order valence-electron chi connectivity index (χ3n) is 2.83. The van der Waals surface area contributed by atoms with E-state index in [2.05, 4.69) is 0 Å². The Hall–Kier alpha value is -1.48. The molecule has 0 heterocycles. The predicted octanol–water partition coefficient (Wildman–Crippen LogP) is 5.41. The van der Waals surface area contributed by atoms with Crippen LogP contribution in [0, 0.1) is 0 Å². The van der Waals surface area contributed by atoms with Gasteiger partial charge >= 0.3 is 163 Å². The first kappa shape index (κ1) is 19.8. The number of rotatable bonds is 6. The third-order valence-corrected chi connectivity index (χ3v) is 4.32. The van der Waals surface area contributed by atoms with Crippen LogP contribution in [0.1, 0.15) is 41.5 Å². The van der Waals surface area contributed by atoms with Gasteiger partial charge in [-0.3, -0.25) is 0 Å². The molecule has 2 aromatic rings. The van der Waals surface area contributed by atoms with Crippen LogP contribution in [0.4, 0.5) is 0 Å². The van der Waals surface area contributed by atoms with Crippen molar-refractivity contribution in [2.45, 2.75) is 52.7 Å². The molecular formula is C20H26O4Zr. The summed E-state index contributed by atoms with van der Waals surface area (Å²) >= 11 is -1.60. The van der Waals surface area contributed by atoms with Crippen molar-refractivity contribution in [2.24, 2.45) is 0 Å². The van der Waals surface area contributed by atoms with E-state index in [1.54, 1.807) is 0 Å². The van der Waals surface area contributed by atoms with E-state index in [4.69, 9.17) is 15.1 Å². The molecule has 0 unspecified atom stereocenters. The summed E-state index contributed by atoms with van der Waals surface area (Å²) in [6, 6.07) is 15.4. The van der Waals surface area contributed by atoms with Crippen molar-refractivity contribution in [3.63, 3.8) is 0 Å². The number of hydrogen-bond acceptors (Lipinski definition) is 4. The zero-order chi connectivity index (χ0) is 18.5. The molecule has 0 amide bonds. The van der Waals surface area contributed by atoms with Crippen LogP contribution in [0.2, 0.25) is 0 Å².